The Morgan fingerprint density at radius 2 is 1.11 bits per heavy atom. The predicted octanol–water partition coefficient (Wildman–Crippen LogP) is 17.7. The number of nitrogens with zero attached hydrogens (tertiary/aromatic N) is 3. The van der Waals surface area contributed by atoms with Crippen molar-refractivity contribution in [2.75, 3.05) is 9.80 Å². The van der Waals surface area contributed by atoms with Crippen LogP contribution in [0, 0.1) is 48.5 Å². The molecule has 5 heteroatoms. The number of allylic oxidation sites excluding steroid dienone is 1. The van der Waals surface area contributed by atoms with Gasteiger partial charge in [-0.1, -0.05) is 145 Å². The number of hydrogen-bond donors (Lipinski definition) is 0. The molecule has 12 rings (SSSR count). The Morgan fingerprint density at radius 3 is 1.72 bits per heavy atom. The lowest BCUT2D eigenvalue weighted by Gasteiger charge is -2.46. The Bertz CT molecular complexity index is 4040. The summed E-state index contributed by atoms with van der Waals surface area (Å²) in [5.41, 5.74) is 31.1. The van der Waals surface area contributed by atoms with Crippen molar-refractivity contribution in [2.24, 2.45) is 0 Å². The Morgan fingerprint density at radius 1 is 0.520 bits per heavy atom. The summed E-state index contributed by atoms with van der Waals surface area (Å²) in [4.78, 5) is 5.27. The van der Waals surface area contributed by atoms with Crippen LogP contribution in [-0.2, 0) is 10.8 Å². The van der Waals surface area contributed by atoms with Gasteiger partial charge in [0.1, 0.15) is 11.2 Å². The van der Waals surface area contributed by atoms with Gasteiger partial charge in [-0.15, -0.1) is 0 Å². The Balaban J connectivity index is 1.19. The van der Waals surface area contributed by atoms with E-state index < -0.39 is 0 Å². The van der Waals surface area contributed by atoms with Crippen LogP contribution < -0.4 is 26.2 Å². The van der Waals surface area contributed by atoms with E-state index in [0.717, 1.165) is 38.8 Å². The maximum absolute atomic E-state index is 6.64. The molecule has 75 heavy (non-hydrogen) atoms. The quantitative estimate of drug-likeness (QED) is 0.155. The molecule has 8 aromatic carbocycles. The van der Waals surface area contributed by atoms with E-state index in [1.807, 2.05) is 0 Å². The number of aryl methyl sites for hydroxylation is 7. The molecule has 10 aromatic rings. The average Bonchev–Trinajstić information content (AvgIpc) is 3.89. The number of furan rings is 1. The standard InChI is InChI=1S/C70H68BN3O/c1-16-22-51-54-38-56-60(39-58(54)72(57(51)17-2)65-41(4)23-20-24-42(65)5)74(67-45(8)35-49(36-46(67)9)70(13,14)15)62-32-40(3)31-61-64(62)71(56)55-30-29-48(69(10,11)12)37-59(55)73(61)66-43(6)33-47(34-44(66)7)50-26-21-27-53-52-25-18-19-28-63(52)75-68(50)53/h16-39H,2H2,1,3-15H3/b22-16-. The highest BCUT2D eigenvalue weighted by Gasteiger charge is 2.45. The van der Waals surface area contributed by atoms with Gasteiger partial charge in [-0.3, -0.25) is 0 Å². The van der Waals surface area contributed by atoms with Crippen molar-refractivity contribution in [2.45, 2.75) is 108 Å². The normalized spacial score (nSPS) is 13.4. The molecule has 0 spiro atoms. The number of rotatable bonds is 6. The molecule has 0 saturated carbocycles. The highest BCUT2D eigenvalue weighted by Crippen LogP contribution is 2.50. The molecule has 2 aliphatic rings. The van der Waals surface area contributed by atoms with Crippen molar-refractivity contribution in [1.29, 1.82) is 0 Å². The highest BCUT2D eigenvalue weighted by atomic mass is 16.3. The monoisotopic (exact) mass is 978 g/mol. The molecule has 2 aliphatic heterocycles. The maximum Gasteiger partial charge on any atom is 0.252 e. The van der Waals surface area contributed by atoms with Gasteiger partial charge in [0.25, 0.3) is 6.71 Å². The van der Waals surface area contributed by atoms with Gasteiger partial charge >= 0.3 is 0 Å². The molecule has 0 atom stereocenters. The first-order valence-corrected chi connectivity index (χ1v) is 26.9. The van der Waals surface area contributed by atoms with Crippen molar-refractivity contribution < 1.29 is 4.42 Å². The molecule has 0 amide bonds. The van der Waals surface area contributed by atoms with Crippen LogP contribution in [0.5, 0.6) is 0 Å². The number of para-hydroxylation sites is 3. The van der Waals surface area contributed by atoms with Gasteiger partial charge in [-0.2, -0.15) is 0 Å². The van der Waals surface area contributed by atoms with Gasteiger partial charge < -0.3 is 18.8 Å². The summed E-state index contributed by atoms with van der Waals surface area (Å²) in [6.45, 7) is 36.5. The van der Waals surface area contributed by atoms with Crippen LogP contribution >= 0.6 is 0 Å². The molecule has 0 radical (unpaired) electrons. The van der Waals surface area contributed by atoms with Crippen LogP contribution in [0.1, 0.15) is 110 Å². The van der Waals surface area contributed by atoms with E-state index >= 15 is 0 Å². The topological polar surface area (TPSA) is 24.6 Å². The van der Waals surface area contributed by atoms with Crippen LogP contribution in [0.25, 0.3) is 61.8 Å². The van der Waals surface area contributed by atoms with Gasteiger partial charge in [-0.25, -0.2) is 0 Å². The van der Waals surface area contributed by atoms with Crippen molar-refractivity contribution in [3.05, 3.63) is 201 Å². The van der Waals surface area contributed by atoms with E-state index in [1.165, 1.54) is 123 Å². The summed E-state index contributed by atoms with van der Waals surface area (Å²) in [5.74, 6) is 0. The fraction of sp³-hybridized carbons (Fsp3) is 0.229. The Labute approximate surface area is 444 Å². The molecule has 372 valence electrons. The smallest absolute Gasteiger partial charge is 0.252 e. The Hall–Kier alpha value is -7.76. The molecular formula is C70H68BN3O. The first-order valence-electron chi connectivity index (χ1n) is 26.9. The van der Waals surface area contributed by atoms with E-state index in [-0.39, 0.29) is 17.5 Å². The van der Waals surface area contributed by atoms with E-state index in [1.54, 1.807) is 0 Å². The molecule has 2 aromatic heterocycles. The van der Waals surface area contributed by atoms with Crippen LogP contribution in [0.15, 0.2) is 144 Å². The Kier molecular flexibility index (Phi) is 11.0. The number of anilines is 6. The van der Waals surface area contributed by atoms with Crippen molar-refractivity contribution >= 4 is 102 Å². The SMILES string of the molecule is C=Cc1c(/C=C\C)c2cc3c(cc2n1-c1c(C)cccc1C)N(c1c(C)cc(C(C)(C)C)cc1C)c1cc(C)cc2c1B3c1ccc(C(C)(C)C)cc1N2c1c(C)cc(-c2cccc3c2oc2ccccc23)cc1C. The first-order chi connectivity index (χ1) is 35.8. The lowest BCUT2D eigenvalue weighted by molar-refractivity contribution is 0.589. The lowest BCUT2D eigenvalue weighted by atomic mass is 9.33. The van der Waals surface area contributed by atoms with Crippen molar-refractivity contribution in [3.8, 4) is 16.8 Å². The summed E-state index contributed by atoms with van der Waals surface area (Å²) in [5, 5.41) is 3.50. The average molecular weight is 978 g/mol. The van der Waals surface area contributed by atoms with Crippen LogP contribution in [-0.4, -0.2) is 11.3 Å². The minimum absolute atomic E-state index is 0.00982. The predicted molar refractivity (Wildman–Crippen MR) is 325 cm³/mol. The molecule has 0 aliphatic carbocycles. The zero-order valence-electron chi connectivity index (χ0n) is 46.4. The summed E-state index contributed by atoms with van der Waals surface area (Å²) in [6.07, 6.45) is 6.52. The fourth-order valence-electron chi connectivity index (χ4n) is 13.0. The van der Waals surface area contributed by atoms with Gasteiger partial charge in [-0.05, 0) is 187 Å². The highest BCUT2D eigenvalue weighted by molar-refractivity contribution is 7.00. The molecule has 0 saturated heterocycles. The summed E-state index contributed by atoms with van der Waals surface area (Å²) in [6, 6.07) is 48.6. The molecular weight excluding hydrogens is 910 g/mol. The molecule has 0 fully saturated rings. The van der Waals surface area contributed by atoms with Gasteiger partial charge in [0.05, 0.1) is 28.3 Å². The molecule has 4 heterocycles. The first kappa shape index (κ1) is 48.2. The summed E-state index contributed by atoms with van der Waals surface area (Å²) in [7, 11) is 0. The summed E-state index contributed by atoms with van der Waals surface area (Å²) < 4.78 is 9.13. The minimum atomic E-state index is -0.0846. The van der Waals surface area contributed by atoms with Crippen LogP contribution in [0.3, 0.4) is 0 Å². The van der Waals surface area contributed by atoms with E-state index in [2.05, 4.69) is 263 Å². The molecule has 0 N–H and O–H groups in total. The lowest BCUT2D eigenvalue weighted by Crippen LogP contribution is -2.61. The third-order valence-electron chi connectivity index (χ3n) is 16.4. The zero-order chi connectivity index (χ0) is 52.7. The zero-order valence-corrected chi connectivity index (χ0v) is 46.4. The number of benzene rings is 8. The minimum Gasteiger partial charge on any atom is -0.455 e. The van der Waals surface area contributed by atoms with Crippen molar-refractivity contribution in [3.63, 3.8) is 0 Å². The molecule has 0 bridgehead atoms. The largest absolute Gasteiger partial charge is 0.455 e. The second kappa shape index (κ2) is 17.1. The van der Waals surface area contributed by atoms with Gasteiger partial charge in [0, 0.05) is 50.0 Å². The third kappa shape index (κ3) is 7.32. The second-order valence-corrected chi connectivity index (χ2v) is 23.8. The number of hydrogen-bond acceptors (Lipinski definition) is 3. The molecule has 4 nitrogen and oxygen atoms in total. The van der Waals surface area contributed by atoms with Gasteiger partial charge in [0.15, 0.2) is 0 Å². The fourth-order valence-corrected chi connectivity index (χ4v) is 13.0. The third-order valence-corrected chi connectivity index (χ3v) is 16.4. The van der Waals surface area contributed by atoms with Gasteiger partial charge in [0.2, 0.25) is 0 Å². The second-order valence-electron chi connectivity index (χ2n) is 23.8. The van der Waals surface area contributed by atoms with E-state index in [4.69, 9.17) is 4.42 Å². The molecule has 0 unspecified atom stereocenters. The number of aromatic nitrogens is 1. The summed E-state index contributed by atoms with van der Waals surface area (Å²) >= 11 is 0. The van der Waals surface area contributed by atoms with E-state index in [9.17, 15) is 0 Å². The van der Waals surface area contributed by atoms with Crippen molar-refractivity contribution in [1.82, 2.24) is 4.57 Å². The number of fused-ring (bicyclic) bond motifs is 8. The van der Waals surface area contributed by atoms with Crippen LogP contribution in [0.2, 0.25) is 0 Å². The van der Waals surface area contributed by atoms with Crippen LogP contribution in [0.4, 0.5) is 34.1 Å². The maximum atomic E-state index is 6.64. The van der Waals surface area contributed by atoms with E-state index in [0.29, 0.717) is 0 Å².